The van der Waals surface area contributed by atoms with Crippen LogP contribution in [0, 0.1) is 0 Å². The van der Waals surface area contributed by atoms with Crippen LogP contribution in [0.3, 0.4) is 0 Å². The van der Waals surface area contributed by atoms with E-state index in [0.717, 1.165) is 5.56 Å². The molecular formula is C10H7N2O2-. The number of hydrogen-bond donors (Lipinski definition) is 1. The molecule has 2 rings (SSSR count). The number of aliphatic imine (C=N–C) groups is 1. The van der Waals surface area contributed by atoms with E-state index in [1.807, 2.05) is 0 Å². The lowest BCUT2D eigenvalue weighted by molar-refractivity contribution is -0.268. The van der Waals surface area contributed by atoms with Gasteiger partial charge in [-0.25, -0.2) is 4.99 Å². The second kappa shape index (κ2) is 3.33. The van der Waals surface area contributed by atoms with E-state index in [2.05, 4.69) is 10.3 Å². The van der Waals surface area contributed by atoms with Gasteiger partial charge in [-0.3, -0.25) is 4.79 Å². The summed E-state index contributed by atoms with van der Waals surface area (Å²) in [4.78, 5) is 14.9. The first-order valence-corrected chi connectivity index (χ1v) is 4.08. The number of benzene rings is 1. The van der Waals surface area contributed by atoms with Crippen molar-refractivity contribution in [2.24, 2.45) is 4.99 Å². The number of nitrogens with one attached hydrogen (secondary N) is 1. The van der Waals surface area contributed by atoms with Crippen LogP contribution in [0.5, 0.6) is 5.75 Å². The number of hydrogen-bond acceptors (Lipinski definition) is 3. The molecule has 4 nitrogen and oxygen atoms in total. The van der Waals surface area contributed by atoms with Crippen LogP contribution >= 0.6 is 0 Å². The highest BCUT2D eigenvalue weighted by atomic mass is 16.3. The molecule has 1 N–H and O–H groups in total. The molecular weight excluding hydrogens is 180 g/mol. The van der Waals surface area contributed by atoms with Gasteiger partial charge in [0.05, 0.1) is 6.34 Å². The minimum Gasteiger partial charge on any atom is -0.872 e. The molecule has 0 unspecified atom stereocenters. The van der Waals surface area contributed by atoms with E-state index < -0.39 is 0 Å². The van der Waals surface area contributed by atoms with Gasteiger partial charge < -0.3 is 10.4 Å². The summed E-state index contributed by atoms with van der Waals surface area (Å²) >= 11 is 0. The molecule has 0 saturated heterocycles. The van der Waals surface area contributed by atoms with Crippen molar-refractivity contribution < 1.29 is 9.90 Å². The first-order chi connectivity index (χ1) is 6.75. The van der Waals surface area contributed by atoms with Crippen LogP contribution in [0.15, 0.2) is 35.0 Å². The average molecular weight is 187 g/mol. The van der Waals surface area contributed by atoms with Gasteiger partial charge in [0, 0.05) is 0 Å². The molecule has 1 aromatic rings. The van der Waals surface area contributed by atoms with Crippen molar-refractivity contribution >= 4 is 18.3 Å². The van der Waals surface area contributed by atoms with Crippen LogP contribution < -0.4 is 10.4 Å². The number of amides is 1. The first kappa shape index (κ1) is 8.50. The molecule has 0 fully saturated rings. The van der Waals surface area contributed by atoms with Gasteiger partial charge in [-0.15, -0.1) is 5.75 Å². The Morgan fingerprint density at radius 1 is 1.29 bits per heavy atom. The van der Waals surface area contributed by atoms with Crippen molar-refractivity contribution in [3.63, 3.8) is 0 Å². The van der Waals surface area contributed by atoms with E-state index in [0.29, 0.717) is 5.70 Å². The summed E-state index contributed by atoms with van der Waals surface area (Å²) in [5, 5.41) is 13.2. The second-order valence-electron chi connectivity index (χ2n) is 2.83. The molecule has 1 amide bonds. The van der Waals surface area contributed by atoms with Gasteiger partial charge in [0.25, 0.3) is 5.91 Å². The minimum atomic E-state index is -0.226. The molecule has 70 valence electrons. The van der Waals surface area contributed by atoms with E-state index in [9.17, 15) is 9.90 Å². The normalized spacial score (nSPS) is 17.4. The zero-order valence-electron chi connectivity index (χ0n) is 7.23. The van der Waals surface area contributed by atoms with Gasteiger partial charge in [-0.2, -0.15) is 0 Å². The molecule has 1 aromatic carbocycles. The Labute approximate surface area is 80.6 Å². The SMILES string of the molecule is O=C1NC=N/C1=C\c1ccc([O-])cc1. The number of rotatable bonds is 1. The molecule has 1 aliphatic rings. The largest absolute Gasteiger partial charge is 0.872 e. The molecule has 0 aliphatic carbocycles. The van der Waals surface area contributed by atoms with Crippen molar-refractivity contribution in [2.75, 3.05) is 0 Å². The van der Waals surface area contributed by atoms with Gasteiger partial charge in [0.2, 0.25) is 0 Å². The van der Waals surface area contributed by atoms with E-state index in [-0.39, 0.29) is 11.7 Å². The zero-order chi connectivity index (χ0) is 9.97. The van der Waals surface area contributed by atoms with Crippen LogP contribution in [0.4, 0.5) is 0 Å². The topological polar surface area (TPSA) is 64.5 Å². The summed E-state index contributed by atoms with van der Waals surface area (Å²) in [5.41, 5.74) is 1.14. The van der Waals surface area contributed by atoms with E-state index in [1.165, 1.54) is 18.5 Å². The Morgan fingerprint density at radius 3 is 2.57 bits per heavy atom. The summed E-state index contributed by atoms with van der Waals surface area (Å²) in [6, 6.07) is 6.19. The molecule has 0 saturated carbocycles. The van der Waals surface area contributed by atoms with Gasteiger partial charge >= 0.3 is 0 Å². The van der Waals surface area contributed by atoms with Crippen molar-refractivity contribution in [3.05, 3.63) is 35.5 Å². The number of nitrogens with zero attached hydrogens (tertiary/aromatic N) is 1. The fourth-order valence-electron chi connectivity index (χ4n) is 1.12. The Bertz CT molecular complexity index is 418. The Hall–Kier alpha value is -2.10. The molecule has 0 aromatic heterocycles. The van der Waals surface area contributed by atoms with E-state index >= 15 is 0 Å². The fourth-order valence-corrected chi connectivity index (χ4v) is 1.12. The fraction of sp³-hybridized carbons (Fsp3) is 0. The standard InChI is InChI=1S/C10H8N2O2/c13-8-3-1-7(2-4-8)5-9-10(14)12-6-11-9/h1-6,13H,(H,11,12,14)/p-1/b9-5-. The van der Waals surface area contributed by atoms with E-state index in [4.69, 9.17) is 0 Å². The Kier molecular flexibility index (Phi) is 2.02. The summed E-state index contributed by atoms with van der Waals surface area (Å²) in [7, 11) is 0. The van der Waals surface area contributed by atoms with E-state index in [1.54, 1.807) is 18.2 Å². The van der Waals surface area contributed by atoms with Crippen LogP contribution in [0.2, 0.25) is 0 Å². The molecule has 14 heavy (non-hydrogen) atoms. The van der Waals surface area contributed by atoms with Gasteiger partial charge in [0.15, 0.2) is 0 Å². The lowest BCUT2D eigenvalue weighted by Gasteiger charge is -2.03. The second-order valence-corrected chi connectivity index (χ2v) is 2.83. The third-order valence-corrected chi connectivity index (χ3v) is 1.82. The maximum atomic E-state index is 11.1. The van der Waals surface area contributed by atoms with Crippen molar-refractivity contribution in [2.45, 2.75) is 0 Å². The molecule has 0 bridgehead atoms. The maximum Gasteiger partial charge on any atom is 0.275 e. The maximum absolute atomic E-state index is 11.1. The monoisotopic (exact) mass is 187 g/mol. The predicted octanol–water partition coefficient (Wildman–Crippen LogP) is 0.259. The summed E-state index contributed by atoms with van der Waals surface area (Å²) in [5.74, 6) is -0.275. The lowest BCUT2D eigenvalue weighted by atomic mass is 10.2. The number of carbonyl (C=O) groups excluding carboxylic acids is 1. The van der Waals surface area contributed by atoms with Crippen LogP contribution in [0.25, 0.3) is 6.08 Å². The predicted molar refractivity (Wildman–Crippen MR) is 50.5 cm³/mol. The first-order valence-electron chi connectivity index (χ1n) is 4.08. The highest BCUT2D eigenvalue weighted by Gasteiger charge is 2.10. The summed E-state index contributed by atoms with van der Waals surface area (Å²) in [6.07, 6.45) is 2.97. The van der Waals surface area contributed by atoms with Gasteiger partial charge in [-0.1, -0.05) is 24.3 Å². The highest BCUT2D eigenvalue weighted by molar-refractivity contribution is 6.08. The third kappa shape index (κ3) is 1.64. The zero-order valence-corrected chi connectivity index (χ0v) is 7.23. The van der Waals surface area contributed by atoms with Crippen LogP contribution in [0.1, 0.15) is 5.56 Å². The summed E-state index contributed by atoms with van der Waals surface area (Å²) in [6.45, 7) is 0. The van der Waals surface area contributed by atoms with Crippen molar-refractivity contribution in [1.82, 2.24) is 5.32 Å². The molecule has 4 heteroatoms. The Balaban J connectivity index is 2.29. The Morgan fingerprint density at radius 2 is 2.00 bits per heavy atom. The molecule has 1 aliphatic heterocycles. The smallest absolute Gasteiger partial charge is 0.275 e. The van der Waals surface area contributed by atoms with Gasteiger partial charge in [0.1, 0.15) is 5.70 Å². The van der Waals surface area contributed by atoms with Crippen molar-refractivity contribution in [3.8, 4) is 5.75 Å². The highest BCUT2D eigenvalue weighted by Crippen LogP contribution is 2.12. The molecule has 1 heterocycles. The van der Waals surface area contributed by atoms with Crippen molar-refractivity contribution in [1.29, 1.82) is 0 Å². The quantitative estimate of drug-likeness (QED) is 0.641. The molecule has 0 radical (unpaired) electrons. The average Bonchev–Trinajstić information content (AvgIpc) is 2.56. The van der Waals surface area contributed by atoms with Crippen LogP contribution in [-0.4, -0.2) is 12.2 Å². The third-order valence-electron chi connectivity index (χ3n) is 1.82. The van der Waals surface area contributed by atoms with Crippen LogP contribution in [-0.2, 0) is 4.79 Å². The molecule has 0 atom stereocenters. The minimum absolute atomic E-state index is 0.0495. The number of carbonyl (C=O) groups is 1. The lowest BCUT2D eigenvalue weighted by Crippen LogP contribution is -2.14. The molecule has 0 spiro atoms. The summed E-state index contributed by atoms with van der Waals surface area (Å²) < 4.78 is 0. The van der Waals surface area contributed by atoms with Gasteiger partial charge in [-0.05, 0) is 11.6 Å².